The summed E-state index contributed by atoms with van der Waals surface area (Å²) in [4.78, 5) is 11.6. The maximum Gasteiger partial charge on any atom is 0.234 e. The number of rotatable bonds is 3. The van der Waals surface area contributed by atoms with E-state index in [0.29, 0.717) is 10.1 Å². The molecule has 0 N–H and O–H groups in total. The van der Waals surface area contributed by atoms with Crippen LogP contribution in [0.1, 0.15) is 25.0 Å². The third-order valence-electron chi connectivity index (χ3n) is 5.28. The molecule has 0 bridgehead atoms. The summed E-state index contributed by atoms with van der Waals surface area (Å²) in [6.45, 7) is 3.54. The number of ketones is 1. The Kier molecular flexibility index (Phi) is 4.84. The Morgan fingerprint density at radius 3 is 2.32 bits per heavy atom. The van der Waals surface area contributed by atoms with Gasteiger partial charge in [0.1, 0.15) is 0 Å². The molecule has 0 unspecified atom stereocenters. The number of benzene rings is 3. The van der Waals surface area contributed by atoms with E-state index in [9.17, 15) is 4.79 Å². The van der Waals surface area contributed by atoms with Crippen LogP contribution in [0.2, 0.25) is 5.02 Å². The summed E-state index contributed by atoms with van der Waals surface area (Å²) in [7, 11) is 0. The zero-order chi connectivity index (χ0) is 21.6. The molecule has 5 nitrogen and oxygen atoms in total. The van der Waals surface area contributed by atoms with Gasteiger partial charge in [0.2, 0.25) is 4.99 Å². The zero-order valence-electron chi connectivity index (χ0n) is 17.0. The van der Waals surface area contributed by atoms with Crippen LogP contribution in [0.15, 0.2) is 89.1 Å². The van der Waals surface area contributed by atoms with Crippen molar-refractivity contribution < 1.29 is 4.79 Å². The quantitative estimate of drug-likeness (QED) is 0.506. The lowest BCUT2D eigenvalue weighted by Gasteiger charge is -2.46. The summed E-state index contributed by atoms with van der Waals surface area (Å²) in [5, 5.41) is 14.6. The molecule has 1 atom stereocenters. The van der Waals surface area contributed by atoms with E-state index in [1.807, 2.05) is 83.7 Å². The number of halogens is 1. The molecular weight excluding hydrogens is 428 g/mol. The van der Waals surface area contributed by atoms with Crippen molar-refractivity contribution in [1.82, 2.24) is 0 Å². The zero-order valence-corrected chi connectivity index (χ0v) is 18.6. The second-order valence-corrected chi connectivity index (χ2v) is 8.94. The second-order valence-electron chi connectivity index (χ2n) is 7.34. The number of hydrogen-bond donors (Lipinski definition) is 0. The van der Waals surface area contributed by atoms with Crippen LogP contribution >= 0.6 is 23.4 Å². The van der Waals surface area contributed by atoms with Crippen LogP contribution in [0.3, 0.4) is 0 Å². The van der Waals surface area contributed by atoms with E-state index in [2.05, 4.69) is 12.1 Å². The normalized spacial score (nSPS) is 19.8. The maximum atomic E-state index is 12.5. The fourth-order valence-electron chi connectivity index (χ4n) is 3.91. The molecule has 2 aliphatic heterocycles. The summed E-state index contributed by atoms with van der Waals surface area (Å²) in [6, 6.07) is 25.6. The number of para-hydroxylation sites is 1. The van der Waals surface area contributed by atoms with E-state index < -0.39 is 4.99 Å². The van der Waals surface area contributed by atoms with E-state index >= 15 is 0 Å². The van der Waals surface area contributed by atoms with Gasteiger partial charge in [-0.25, -0.2) is 10.0 Å². The van der Waals surface area contributed by atoms with Crippen molar-refractivity contribution in [2.24, 2.45) is 10.2 Å². The number of nitrogens with zero attached hydrogens (tertiary/aromatic N) is 4. The predicted octanol–water partition coefficient (Wildman–Crippen LogP) is 5.85. The summed E-state index contributed by atoms with van der Waals surface area (Å²) >= 11 is 7.74. The number of carbonyl (C=O) groups is 1. The minimum atomic E-state index is -0.914. The number of carbonyl (C=O) groups excluding carboxylic acids is 1. The summed E-state index contributed by atoms with van der Waals surface area (Å²) in [5.41, 5.74) is 4.61. The highest BCUT2D eigenvalue weighted by atomic mass is 35.5. The van der Waals surface area contributed by atoms with Gasteiger partial charge in [0, 0.05) is 23.1 Å². The molecule has 2 heterocycles. The molecule has 0 fully saturated rings. The molecule has 3 aromatic rings. The van der Waals surface area contributed by atoms with Gasteiger partial charge >= 0.3 is 0 Å². The van der Waals surface area contributed by atoms with Gasteiger partial charge in [-0.15, -0.1) is 0 Å². The van der Waals surface area contributed by atoms with Gasteiger partial charge in [-0.1, -0.05) is 60.1 Å². The fourth-order valence-corrected chi connectivity index (χ4v) is 5.39. The fraction of sp³-hybridized carbons (Fsp3) is 0.125. The molecule has 3 aromatic carbocycles. The summed E-state index contributed by atoms with van der Waals surface area (Å²) in [6.07, 6.45) is 0. The first kappa shape index (κ1) is 19.8. The molecule has 0 aromatic heterocycles. The molecular formula is C24H19ClN4OS. The number of fused-ring (bicyclic) bond motifs is 2. The number of Topliss-reactive ketones (excluding diaryl/α,β-unsaturated/α-hetero) is 1. The summed E-state index contributed by atoms with van der Waals surface area (Å²) < 4.78 is 0. The topological polar surface area (TPSA) is 48.3 Å². The van der Waals surface area contributed by atoms with Crippen molar-refractivity contribution in [3.63, 3.8) is 0 Å². The smallest absolute Gasteiger partial charge is 0.234 e. The van der Waals surface area contributed by atoms with Crippen molar-refractivity contribution in [2.45, 2.75) is 18.8 Å². The minimum Gasteiger partial charge on any atom is -0.292 e. The third kappa shape index (κ3) is 3.14. The Hall–Kier alpha value is -3.09. The monoisotopic (exact) mass is 446 g/mol. The van der Waals surface area contributed by atoms with E-state index in [4.69, 9.17) is 21.8 Å². The van der Waals surface area contributed by atoms with Crippen molar-refractivity contribution in [3.05, 3.63) is 95.0 Å². The van der Waals surface area contributed by atoms with Crippen molar-refractivity contribution >= 4 is 51.3 Å². The van der Waals surface area contributed by atoms with E-state index in [-0.39, 0.29) is 5.78 Å². The van der Waals surface area contributed by atoms with Gasteiger partial charge in [-0.05, 0) is 49.0 Å². The second kappa shape index (κ2) is 7.55. The van der Waals surface area contributed by atoms with Gasteiger partial charge < -0.3 is 0 Å². The molecule has 0 amide bonds. The molecule has 0 saturated carbocycles. The van der Waals surface area contributed by atoms with Crippen LogP contribution in [0.25, 0.3) is 0 Å². The van der Waals surface area contributed by atoms with Crippen LogP contribution < -0.4 is 10.0 Å². The molecule has 1 spiro atoms. The van der Waals surface area contributed by atoms with E-state index in [0.717, 1.165) is 28.2 Å². The molecule has 5 rings (SSSR count). The first-order chi connectivity index (χ1) is 15.0. The first-order valence-corrected chi connectivity index (χ1v) is 11.0. The summed E-state index contributed by atoms with van der Waals surface area (Å²) in [5.74, 6) is -0.0920. The van der Waals surface area contributed by atoms with Gasteiger partial charge in [-0.3, -0.25) is 4.79 Å². The largest absolute Gasteiger partial charge is 0.292 e. The molecule has 2 aliphatic rings. The number of hydrogen-bond acceptors (Lipinski definition) is 6. The Balaban J connectivity index is 1.82. The van der Waals surface area contributed by atoms with Crippen LogP contribution in [0, 0.1) is 0 Å². The average molecular weight is 447 g/mol. The molecule has 154 valence electrons. The number of thioether (sulfide) groups is 1. The lowest BCUT2D eigenvalue weighted by molar-refractivity contribution is -0.110. The standard InChI is InChI=1S/C24H19ClN4OS/c1-16-21-13-6-7-14-22(21)24(28(26-16)19-10-4-3-5-11-19)29(27-23(31-24)17(2)30)20-12-8-9-18(25)15-20/h3-15H,1-2H3/t24-/m1/s1. The highest BCUT2D eigenvalue weighted by molar-refractivity contribution is 8.17. The Morgan fingerprint density at radius 2 is 1.58 bits per heavy atom. The lowest BCUT2D eigenvalue weighted by Crippen LogP contribution is -2.53. The Labute approximate surface area is 190 Å². The number of anilines is 2. The predicted molar refractivity (Wildman–Crippen MR) is 129 cm³/mol. The first-order valence-electron chi connectivity index (χ1n) is 9.85. The van der Waals surface area contributed by atoms with Gasteiger partial charge in [0.15, 0.2) is 10.8 Å². The van der Waals surface area contributed by atoms with Crippen LogP contribution in [-0.4, -0.2) is 16.5 Å². The third-order valence-corrected chi connectivity index (χ3v) is 6.92. The van der Waals surface area contributed by atoms with Gasteiger partial charge in [-0.2, -0.15) is 10.2 Å². The van der Waals surface area contributed by atoms with Gasteiger partial charge in [0.25, 0.3) is 0 Å². The minimum absolute atomic E-state index is 0.0920. The Bertz CT molecular complexity index is 1240. The van der Waals surface area contributed by atoms with E-state index in [1.165, 1.54) is 18.7 Å². The Morgan fingerprint density at radius 1 is 0.903 bits per heavy atom. The highest BCUT2D eigenvalue weighted by Crippen LogP contribution is 2.54. The van der Waals surface area contributed by atoms with Crippen LogP contribution in [-0.2, 0) is 9.79 Å². The molecule has 0 radical (unpaired) electrons. The van der Waals surface area contributed by atoms with Crippen molar-refractivity contribution in [1.29, 1.82) is 0 Å². The molecule has 0 saturated heterocycles. The molecule has 31 heavy (non-hydrogen) atoms. The highest BCUT2D eigenvalue weighted by Gasteiger charge is 2.55. The lowest BCUT2D eigenvalue weighted by atomic mass is 9.98. The van der Waals surface area contributed by atoms with Gasteiger partial charge in [0.05, 0.1) is 17.1 Å². The van der Waals surface area contributed by atoms with Crippen molar-refractivity contribution in [3.8, 4) is 0 Å². The molecule has 7 heteroatoms. The average Bonchev–Trinajstić information content (AvgIpc) is 3.19. The molecule has 0 aliphatic carbocycles. The van der Waals surface area contributed by atoms with Crippen LogP contribution in [0.4, 0.5) is 11.4 Å². The van der Waals surface area contributed by atoms with E-state index in [1.54, 1.807) is 0 Å². The maximum absolute atomic E-state index is 12.5. The SMILES string of the molecule is CC(=O)C1=NN(c2cccc(Cl)c2)[C@@]2(S1)c1ccccc1C(C)=NN2c1ccccc1. The number of hydrazone groups is 2. The van der Waals surface area contributed by atoms with Crippen molar-refractivity contribution in [2.75, 3.05) is 10.0 Å². The van der Waals surface area contributed by atoms with Crippen LogP contribution in [0.5, 0.6) is 0 Å².